The molecule has 2 rings (SSSR count). The van der Waals surface area contributed by atoms with Crippen LogP contribution < -0.4 is 10.6 Å². The van der Waals surface area contributed by atoms with Crippen LogP contribution >= 0.6 is 0 Å². The van der Waals surface area contributed by atoms with E-state index in [1.807, 2.05) is 0 Å². The van der Waals surface area contributed by atoms with Crippen LogP contribution in [-0.2, 0) is 4.74 Å². The van der Waals surface area contributed by atoms with Crippen LogP contribution in [0, 0.1) is 0 Å². The Bertz CT molecular complexity index is 731. The molecule has 0 aliphatic heterocycles. The molecule has 1 aromatic heterocycles. The van der Waals surface area contributed by atoms with Crippen LogP contribution in [0.1, 0.15) is 46.9 Å². The van der Waals surface area contributed by atoms with Gasteiger partial charge >= 0.3 is 5.97 Å². The molecule has 0 saturated heterocycles. The molecule has 0 saturated carbocycles. The van der Waals surface area contributed by atoms with E-state index in [2.05, 4.69) is 27.3 Å². The highest BCUT2D eigenvalue weighted by atomic mass is 16.5. The van der Waals surface area contributed by atoms with Gasteiger partial charge in [-0.25, -0.2) is 4.79 Å². The van der Waals surface area contributed by atoms with Gasteiger partial charge in [0.2, 0.25) is 0 Å². The highest BCUT2D eigenvalue weighted by molar-refractivity contribution is 6.05. The predicted octanol–water partition coefficient (Wildman–Crippen LogP) is 3.72. The van der Waals surface area contributed by atoms with E-state index < -0.39 is 5.97 Å². The second kappa shape index (κ2) is 9.42. The van der Waals surface area contributed by atoms with Gasteiger partial charge in [0.25, 0.3) is 5.91 Å². The Morgan fingerprint density at radius 1 is 1.08 bits per heavy atom. The Morgan fingerprint density at radius 2 is 1.88 bits per heavy atom. The second-order valence-corrected chi connectivity index (χ2v) is 5.62. The maximum absolute atomic E-state index is 12.4. The van der Waals surface area contributed by atoms with Crippen LogP contribution in [0.3, 0.4) is 0 Å². The smallest absolute Gasteiger partial charge is 0.337 e. The summed E-state index contributed by atoms with van der Waals surface area (Å²) in [6, 6.07) is 8.36. The van der Waals surface area contributed by atoms with Crippen molar-refractivity contribution in [1.82, 2.24) is 4.98 Å². The third-order valence-electron chi connectivity index (χ3n) is 3.65. The molecule has 6 nitrogen and oxygen atoms in total. The topological polar surface area (TPSA) is 80.3 Å². The molecule has 25 heavy (non-hydrogen) atoms. The first kappa shape index (κ1) is 18.4. The molecule has 2 aromatic rings. The summed E-state index contributed by atoms with van der Waals surface area (Å²) in [6.07, 6.45) is 6.61. The number of methoxy groups -OCH3 is 1. The first-order valence-corrected chi connectivity index (χ1v) is 8.32. The molecule has 2 N–H and O–H groups in total. The Kier molecular flexibility index (Phi) is 6.95. The van der Waals surface area contributed by atoms with E-state index in [0.29, 0.717) is 16.8 Å². The summed E-state index contributed by atoms with van der Waals surface area (Å²) in [7, 11) is 1.32. The highest BCUT2D eigenvalue weighted by Crippen LogP contribution is 2.15. The molecule has 0 spiro atoms. The second-order valence-electron chi connectivity index (χ2n) is 5.62. The van der Waals surface area contributed by atoms with Crippen molar-refractivity contribution in [3.05, 3.63) is 53.9 Å². The number of aromatic nitrogens is 1. The van der Waals surface area contributed by atoms with Crippen molar-refractivity contribution in [2.24, 2.45) is 0 Å². The molecule has 0 aliphatic carbocycles. The highest BCUT2D eigenvalue weighted by Gasteiger charge is 2.10. The minimum absolute atomic E-state index is 0.285. The van der Waals surface area contributed by atoms with E-state index in [9.17, 15) is 9.59 Å². The summed E-state index contributed by atoms with van der Waals surface area (Å²) in [5.74, 6) is -0.734. The third-order valence-corrected chi connectivity index (χ3v) is 3.65. The van der Waals surface area contributed by atoms with Gasteiger partial charge in [0, 0.05) is 24.6 Å². The van der Waals surface area contributed by atoms with E-state index in [4.69, 9.17) is 0 Å². The average molecular weight is 341 g/mol. The normalized spacial score (nSPS) is 10.2. The minimum Gasteiger partial charge on any atom is -0.465 e. The number of hydrogen-bond acceptors (Lipinski definition) is 5. The van der Waals surface area contributed by atoms with Gasteiger partial charge in [-0.3, -0.25) is 9.78 Å². The maximum atomic E-state index is 12.4. The third kappa shape index (κ3) is 5.60. The van der Waals surface area contributed by atoms with Gasteiger partial charge in [0.15, 0.2) is 0 Å². The zero-order valence-corrected chi connectivity index (χ0v) is 14.5. The number of carbonyl (C=O) groups excluding carboxylic acids is 2. The summed E-state index contributed by atoms with van der Waals surface area (Å²) >= 11 is 0. The van der Waals surface area contributed by atoms with E-state index in [1.54, 1.807) is 36.5 Å². The van der Waals surface area contributed by atoms with Gasteiger partial charge in [0.05, 0.1) is 23.9 Å². The van der Waals surface area contributed by atoms with E-state index in [0.717, 1.165) is 31.5 Å². The van der Waals surface area contributed by atoms with Crippen molar-refractivity contribution in [1.29, 1.82) is 0 Å². The molecule has 0 radical (unpaired) electrons. The average Bonchev–Trinajstić information content (AvgIpc) is 2.65. The van der Waals surface area contributed by atoms with Crippen molar-refractivity contribution in [3.63, 3.8) is 0 Å². The molecule has 6 heteroatoms. The molecule has 1 amide bonds. The molecule has 132 valence electrons. The lowest BCUT2D eigenvalue weighted by Gasteiger charge is -2.09. The number of ether oxygens (including phenoxy) is 1. The van der Waals surface area contributed by atoms with Crippen LogP contribution in [0.4, 0.5) is 11.4 Å². The number of anilines is 2. The largest absolute Gasteiger partial charge is 0.465 e. The van der Waals surface area contributed by atoms with Crippen molar-refractivity contribution in [2.45, 2.75) is 26.2 Å². The van der Waals surface area contributed by atoms with Crippen LogP contribution in [-0.4, -0.2) is 30.5 Å². The van der Waals surface area contributed by atoms with Gasteiger partial charge < -0.3 is 15.4 Å². The zero-order valence-electron chi connectivity index (χ0n) is 14.5. The monoisotopic (exact) mass is 341 g/mol. The van der Waals surface area contributed by atoms with Crippen LogP contribution in [0.25, 0.3) is 0 Å². The summed E-state index contributed by atoms with van der Waals surface area (Å²) < 4.78 is 4.68. The van der Waals surface area contributed by atoms with Gasteiger partial charge in [-0.05, 0) is 30.7 Å². The number of esters is 1. The Balaban J connectivity index is 2.02. The van der Waals surface area contributed by atoms with Crippen molar-refractivity contribution < 1.29 is 14.3 Å². The molecule has 0 aliphatic rings. The lowest BCUT2D eigenvalue weighted by molar-refractivity contribution is 0.0600. The van der Waals surface area contributed by atoms with Crippen molar-refractivity contribution in [2.75, 3.05) is 24.3 Å². The van der Waals surface area contributed by atoms with E-state index in [1.165, 1.54) is 13.3 Å². The Hall–Kier alpha value is -2.89. The predicted molar refractivity (Wildman–Crippen MR) is 98.0 cm³/mol. The summed E-state index contributed by atoms with van der Waals surface area (Å²) in [4.78, 5) is 28.1. The van der Waals surface area contributed by atoms with Crippen LogP contribution in [0.5, 0.6) is 0 Å². The van der Waals surface area contributed by atoms with Gasteiger partial charge in [0.1, 0.15) is 0 Å². The number of amides is 1. The fourth-order valence-electron chi connectivity index (χ4n) is 2.31. The summed E-state index contributed by atoms with van der Waals surface area (Å²) in [6.45, 7) is 3.00. The number of hydrogen-bond donors (Lipinski definition) is 2. The maximum Gasteiger partial charge on any atom is 0.337 e. The fourth-order valence-corrected chi connectivity index (χ4v) is 2.31. The Labute approximate surface area is 147 Å². The zero-order chi connectivity index (χ0) is 18.1. The molecule has 1 heterocycles. The molecular weight excluding hydrogens is 318 g/mol. The molecule has 0 atom stereocenters. The quantitative estimate of drug-likeness (QED) is 0.565. The summed E-state index contributed by atoms with van der Waals surface area (Å²) in [5, 5.41) is 6.03. The molecule has 0 bridgehead atoms. The SMILES string of the molecule is CCCCCNc1cncc(C(=O)Nc2cccc(C(=O)OC)c2)c1. The molecule has 1 aromatic carbocycles. The first-order valence-electron chi connectivity index (χ1n) is 8.32. The van der Waals surface area contributed by atoms with Crippen LogP contribution in [0.2, 0.25) is 0 Å². The van der Waals surface area contributed by atoms with Crippen molar-refractivity contribution in [3.8, 4) is 0 Å². The van der Waals surface area contributed by atoms with Crippen LogP contribution in [0.15, 0.2) is 42.7 Å². The van der Waals surface area contributed by atoms with Gasteiger partial charge in [-0.15, -0.1) is 0 Å². The molecule has 0 unspecified atom stereocenters. The van der Waals surface area contributed by atoms with Gasteiger partial charge in [-0.2, -0.15) is 0 Å². The molecular formula is C19H23N3O3. The summed E-state index contributed by atoms with van der Waals surface area (Å²) in [5.41, 5.74) is 2.16. The molecule has 0 fully saturated rings. The standard InChI is InChI=1S/C19H23N3O3/c1-3-4-5-9-21-17-11-15(12-20-13-17)18(23)22-16-8-6-7-14(10-16)19(24)25-2/h6-8,10-13,21H,3-5,9H2,1-2H3,(H,22,23). The van der Waals surface area contributed by atoms with E-state index >= 15 is 0 Å². The minimum atomic E-state index is -0.448. The number of unbranched alkanes of at least 4 members (excludes halogenated alkanes) is 2. The lowest BCUT2D eigenvalue weighted by atomic mass is 10.2. The van der Waals surface area contributed by atoms with Gasteiger partial charge in [-0.1, -0.05) is 25.8 Å². The van der Waals surface area contributed by atoms with E-state index in [-0.39, 0.29) is 5.91 Å². The number of nitrogens with zero attached hydrogens (tertiary/aromatic N) is 1. The fraction of sp³-hybridized carbons (Fsp3) is 0.316. The lowest BCUT2D eigenvalue weighted by Crippen LogP contribution is -2.13. The number of benzene rings is 1. The van der Waals surface area contributed by atoms with Crippen molar-refractivity contribution >= 4 is 23.3 Å². The Morgan fingerprint density at radius 3 is 2.64 bits per heavy atom. The number of nitrogens with one attached hydrogen (secondary N) is 2. The first-order chi connectivity index (χ1) is 12.1. The number of rotatable bonds is 8. The number of carbonyl (C=O) groups is 2. The number of pyridine rings is 1.